The van der Waals surface area contributed by atoms with Gasteiger partial charge in [-0.1, -0.05) is 6.07 Å². The molecule has 0 aliphatic rings. The molecule has 14 heavy (non-hydrogen) atoms. The summed E-state index contributed by atoms with van der Waals surface area (Å²) in [5.41, 5.74) is 6.02. The number of fused-ring (bicyclic) bond motifs is 1. The zero-order chi connectivity index (χ0) is 10.1. The Morgan fingerprint density at radius 3 is 2.86 bits per heavy atom. The number of benzene rings is 1. The van der Waals surface area contributed by atoms with E-state index in [1.807, 2.05) is 0 Å². The van der Waals surface area contributed by atoms with Gasteiger partial charge >= 0.3 is 0 Å². The van der Waals surface area contributed by atoms with Gasteiger partial charge < -0.3 is 5.73 Å². The molecule has 5 heteroatoms. The molecule has 1 heterocycles. The minimum atomic E-state index is -2.44. The van der Waals surface area contributed by atoms with Crippen molar-refractivity contribution in [2.75, 3.05) is 0 Å². The van der Waals surface area contributed by atoms with E-state index in [1.165, 1.54) is 23.5 Å². The third-order valence-corrected chi connectivity index (χ3v) is 2.94. The van der Waals surface area contributed by atoms with Gasteiger partial charge in [0.15, 0.2) is 0 Å². The molecule has 1 aromatic carbocycles. The van der Waals surface area contributed by atoms with E-state index in [0.717, 1.165) is 9.71 Å². The molecule has 2 nitrogen and oxygen atoms in total. The van der Waals surface area contributed by atoms with Crippen LogP contribution in [0.25, 0.3) is 10.2 Å². The van der Waals surface area contributed by atoms with Crippen molar-refractivity contribution in [3.63, 3.8) is 0 Å². The summed E-state index contributed by atoms with van der Waals surface area (Å²) < 4.78 is 25.6. The molecule has 74 valence electrons. The van der Waals surface area contributed by atoms with Crippen molar-refractivity contribution in [2.24, 2.45) is 5.73 Å². The zero-order valence-corrected chi connectivity index (χ0v) is 8.02. The Bertz CT molecular complexity index is 453. The van der Waals surface area contributed by atoms with Gasteiger partial charge in [-0.2, -0.15) is 0 Å². The van der Waals surface area contributed by atoms with Crippen LogP contribution in [0.4, 0.5) is 8.78 Å². The average Bonchev–Trinajstić information content (AvgIpc) is 2.58. The van der Waals surface area contributed by atoms with Gasteiger partial charge in [0.1, 0.15) is 5.01 Å². The van der Waals surface area contributed by atoms with Gasteiger partial charge in [-0.25, -0.2) is 13.8 Å². The highest BCUT2D eigenvalue weighted by Gasteiger charge is 2.09. The predicted octanol–water partition coefficient (Wildman–Crippen LogP) is 2.69. The Balaban J connectivity index is 2.54. The van der Waals surface area contributed by atoms with E-state index in [9.17, 15) is 8.78 Å². The third kappa shape index (κ3) is 1.60. The van der Waals surface area contributed by atoms with Crippen LogP contribution >= 0.6 is 11.3 Å². The van der Waals surface area contributed by atoms with Crippen LogP contribution in [0.3, 0.4) is 0 Å². The summed E-state index contributed by atoms with van der Waals surface area (Å²) in [6, 6.07) is 4.49. The van der Waals surface area contributed by atoms with Gasteiger partial charge in [0.25, 0.3) is 6.43 Å². The molecule has 0 aliphatic carbocycles. The van der Waals surface area contributed by atoms with E-state index in [4.69, 9.17) is 5.73 Å². The lowest BCUT2D eigenvalue weighted by molar-refractivity contribution is 0.151. The smallest absolute Gasteiger partial charge is 0.263 e. The molecule has 2 N–H and O–H groups in total. The fraction of sp³-hybridized carbons (Fsp3) is 0.222. The second kappa shape index (κ2) is 3.59. The van der Waals surface area contributed by atoms with Crippen molar-refractivity contribution in [3.8, 4) is 0 Å². The van der Waals surface area contributed by atoms with Crippen LogP contribution in [0.5, 0.6) is 0 Å². The largest absolute Gasteiger partial charge is 0.325 e. The summed E-state index contributed by atoms with van der Waals surface area (Å²) in [7, 11) is 0. The predicted molar refractivity (Wildman–Crippen MR) is 52.5 cm³/mol. The number of alkyl halides is 2. The van der Waals surface area contributed by atoms with Crippen LogP contribution in [-0.2, 0) is 6.54 Å². The van der Waals surface area contributed by atoms with Gasteiger partial charge in [0, 0.05) is 12.1 Å². The molecule has 2 rings (SSSR count). The molecule has 0 saturated heterocycles. The van der Waals surface area contributed by atoms with E-state index in [-0.39, 0.29) is 5.56 Å². The molecule has 2 aromatic rings. The Hall–Kier alpha value is -1.07. The number of rotatable bonds is 2. The molecular weight excluding hydrogens is 206 g/mol. The van der Waals surface area contributed by atoms with Crippen molar-refractivity contribution in [1.82, 2.24) is 4.98 Å². The van der Waals surface area contributed by atoms with Crippen molar-refractivity contribution in [3.05, 3.63) is 28.8 Å². The van der Waals surface area contributed by atoms with Gasteiger partial charge in [-0.05, 0) is 12.1 Å². The van der Waals surface area contributed by atoms with Crippen LogP contribution in [0.15, 0.2) is 18.2 Å². The van der Waals surface area contributed by atoms with E-state index in [1.54, 1.807) is 6.07 Å². The summed E-state index contributed by atoms with van der Waals surface area (Å²) in [4.78, 5) is 4.13. The number of aromatic nitrogens is 1. The molecule has 0 saturated carbocycles. The Morgan fingerprint density at radius 2 is 2.21 bits per heavy atom. The Labute approximate surface area is 83.4 Å². The standard InChI is InChI=1S/C9H8F2N2S/c10-9(11)5-1-2-7-6(3-5)13-8(4-12)14-7/h1-3,9H,4,12H2. The van der Waals surface area contributed by atoms with Crippen LogP contribution in [-0.4, -0.2) is 4.98 Å². The lowest BCUT2D eigenvalue weighted by Crippen LogP contribution is -1.93. The van der Waals surface area contributed by atoms with Crippen LogP contribution in [0, 0.1) is 0 Å². The molecule has 0 spiro atoms. The number of thiazole rings is 1. The van der Waals surface area contributed by atoms with Crippen LogP contribution in [0.2, 0.25) is 0 Å². The first-order valence-corrected chi connectivity index (χ1v) is 4.90. The minimum Gasteiger partial charge on any atom is -0.325 e. The Morgan fingerprint density at radius 1 is 1.43 bits per heavy atom. The van der Waals surface area contributed by atoms with E-state index in [0.29, 0.717) is 12.1 Å². The number of hydrogen-bond acceptors (Lipinski definition) is 3. The highest BCUT2D eigenvalue weighted by molar-refractivity contribution is 7.18. The number of nitrogens with zero attached hydrogens (tertiary/aromatic N) is 1. The fourth-order valence-electron chi connectivity index (χ4n) is 1.22. The maximum Gasteiger partial charge on any atom is 0.263 e. The topological polar surface area (TPSA) is 38.9 Å². The highest BCUT2D eigenvalue weighted by Crippen LogP contribution is 2.26. The first kappa shape index (κ1) is 9.48. The van der Waals surface area contributed by atoms with Gasteiger partial charge in [0.05, 0.1) is 10.2 Å². The summed E-state index contributed by atoms with van der Waals surface area (Å²) in [5.74, 6) is 0. The fourth-order valence-corrected chi connectivity index (χ4v) is 2.04. The molecule has 0 fully saturated rings. The van der Waals surface area contributed by atoms with Crippen LogP contribution < -0.4 is 5.73 Å². The lowest BCUT2D eigenvalue weighted by Gasteiger charge is -1.97. The minimum absolute atomic E-state index is 0.00590. The number of nitrogens with two attached hydrogens (primary N) is 1. The van der Waals surface area contributed by atoms with E-state index >= 15 is 0 Å². The van der Waals surface area contributed by atoms with Crippen LogP contribution in [0.1, 0.15) is 17.0 Å². The summed E-state index contributed by atoms with van der Waals surface area (Å²) in [6.45, 7) is 0.351. The average molecular weight is 214 g/mol. The first-order chi connectivity index (χ1) is 6.70. The zero-order valence-electron chi connectivity index (χ0n) is 7.21. The second-order valence-corrected chi connectivity index (χ2v) is 3.95. The second-order valence-electron chi connectivity index (χ2n) is 2.84. The third-order valence-electron chi connectivity index (χ3n) is 1.88. The van der Waals surface area contributed by atoms with Crippen molar-refractivity contribution >= 4 is 21.6 Å². The molecule has 0 radical (unpaired) electrons. The molecular formula is C9H8F2N2S. The summed E-state index contributed by atoms with van der Waals surface area (Å²) in [6.07, 6.45) is -2.44. The van der Waals surface area contributed by atoms with Crippen molar-refractivity contribution < 1.29 is 8.78 Å². The molecule has 0 amide bonds. The van der Waals surface area contributed by atoms with Gasteiger partial charge in [-0.15, -0.1) is 11.3 Å². The lowest BCUT2D eigenvalue weighted by atomic mass is 10.2. The SMILES string of the molecule is NCc1nc2cc(C(F)F)ccc2s1. The summed E-state index contributed by atoms with van der Waals surface area (Å²) >= 11 is 1.44. The summed E-state index contributed by atoms with van der Waals surface area (Å²) in [5, 5.41) is 0.770. The number of hydrogen-bond donors (Lipinski definition) is 1. The van der Waals surface area contributed by atoms with Crippen molar-refractivity contribution in [2.45, 2.75) is 13.0 Å². The van der Waals surface area contributed by atoms with Gasteiger partial charge in [-0.3, -0.25) is 0 Å². The molecule has 0 bridgehead atoms. The number of halogens is 2. The monoisotopic (exact) mass is 214 g/mol. The molecule has 1 aromatic heterocycles. The first-order valence-electron chi connectivity index (χ1n) is 4.08. The molecule has 0 aliphatic heterocycles. The molecule has 0 atom stereocenters. The quantitative estimate of drug-likeness (QED) is 0.834. The maximum atomic E-state index is 12.3. The van der Waals surface area contributed by atoms with E-state index in [2.05, 4.69) is 4.98 Å². The maximum absolute atomic E-state index is 12.3. The highest BCUT2D eigenvalue weighted by atomic mass is 32.1. The molecule has 0 unspecified atom stereocenters. The normalized spacial score (nSPS) is 11.4. The van der Waals surface area contributed by atoms with E-state index < -0.39 is 6.43 Å². The van der Waals surface area contributed by atoms with Gasteiger partial charge in [0.2, 0.25) is 0 Å². The van der Waals surface area contributed by atoms with Crippen molar-refractivity contribution in [1.29, 1.82) is 0 Å². The Kier molecular flexibility index (Phi) is 2.43.